The Balaban J connectivity index is 2.28. The smallest absolute Gasteiger partial charge is 0.122 e. The van der Waals surface area contributed by atoms with E-state index in [0.717, 1.165) is 46.5 Å². The van der Waals surface area contributed by atoms with Gasteiger partial charge in [0.15, 0.2) is 0 Å². The van der Waals surface area contributed by atoms with E-state index in [0.29, 0.717) is 19.4 Å². The first-order chi connectivity index (χ1) is 15.4. The maximum absolute atomic E-state index is 14.1. The summed E-state index contributed by atoms with van der Waals surface area (Å²) in [4.78, 5) is 5.15. The molecule has 1 aliphatic heterocycles. The second kappa shape index (κ2) is 11.5. The Kier molecular flexibility index (Phi) is 8.75. The highest BCUT2D eigenvalue weighted by Crippen LogP contribution is 2.37. The first-order valence-electron chi connectivity index (χ1n) is 11.8. The van der Waals surface area contributed by atoms with Crippen LogP contribution in [0.5, 0.6) is 0 Å². The molecule has 2 atom stereocenters. The van der Waals surface area contributed by atoms with Crippen molar-refractivity contribution in [2.75, 3.05) is 13.2 Å². The van der Waals surface area contributed by atoms with Crippen molar-refractivity contribution in [1.82, 2.24) is 4.98 Å². The number of allylic oxidation sites excluding steroid dienone is 8. The SMILES string of the molecule is CCC/C=C/c1c(C(C)C)nc2c(c1C1=CCC(F)C=C1)CCOC/C=C(F)\C=C/C2C. The third-order valence-corrected chi connectivity index (χ3v) is 5.89. The van der Waals surface area contributed by atoms with Gasteiger partial charge in [-0.3, -0.25) is 4.98 Å². The molecule has 2 unspecified atom stereocenters. The Morgan fingerprint density at radius 2 is 2.03 bits per heavy atom. The zero-order chi connectivity index (χ0) is 23.1. The van der Waals surface area contributed by atoms with Crippen LogP contribution in [0.25, 0.3) is 11.6 Å². The molecule has 0 fully saturated rings. The maximum atomic E-state index is 14.1. The van der Waals surface area contributed by atoms with E-state index < -0.39 is 6.17 Å². The molecule has 1 aromatic rings. The van der Waals surface area contributed by atoms with Gasteiger partial charge in [-0.05, 0) is 53.7 Å². The second-order valence-corrected chi connectivity index (χ2v) is 8.83. The molecule has 172 valence electrons. The molecule has 2 nitrogen and oxygen atoms in total. The molecule has 1 aliphatic carbocycles. The first kappa shape index (κ1) is 24.3. The average molecular weight is 440 g/mol. The normalized spacial score (nSPS) is 24.6. The number of hydrogen-bond donors (Lipinski definition) is 0. The van der Waals surface area contributed by atoms with Gasteiger partial charge in [0.2, 0.25) is 0 Å². The van der Waals surface area contributed by atoms with Crippen LogP contribution >= 0.6 is 0 Å². The van der Waals surface area contributed by atoms with Gasteiger partial charge in [-0.1, -0.05) is 64.5 Å². The number of aromatic nitrogens is 1. The summed E-state index contributed by atoms with van der Waals surface area (Å²) in [6, 6.07) is 0. The number of hydrogen-bond acceptors (Lipinski definition) is 2. The Labute approximate surface area is 191 Å². The van der Waals surface area contributed by atoms with Crippen LogP contribution in [0.3, 0.4) is 0 Å². The Hall–Kier alpha value is -2.33. The molecule has 0 radical (unpaired) electrons. The molecule has 0 saturated heterocycles. The highest BCUT2D eigenvalue weighted by atomic mass is 19.1. The average Bonchev–Trinajstić information content (AvgIpc) is 2.80. The van der Waals surface area contributed by atoms with Crippen LogP contribution in [0, 0.1) is 0 Å². The fourth-order valence-corrected chi connectivity index (χ4v) is 4.18. The Morgan fingerprint density at radius 3 is 2.72 bits per heavy atom. The van der Waals surface area contributed by atoms with Gasteiger partial charge in [0.1, 0.15) is 12.0 Å². The molecule has 0 spiro atoms. The van der Waals surface area contributed by atoms with Crippen molar-refractivity contribution in [1.29, 1.82) is 0 Å². The molecule has 0 amide bonds. The Bertz CT molecular complexity index is 953. The van der Waals surface area contributed by atoms with Gasteiger partial charge in [0.25, 0.3) is 0 Å². The minimum Gasteiger partial charge on any atom is -0.377 e. The quantitative estimate of drug-likeness (QED) is 0.467. The third-order valence-electron chi connectivity index (χ3n) is 5.89. The zero-order valence-electron chi connectivity index (χ0n) is 19.7. The summed E-state index contributed by atoms with van der Waals surface area (Å²) < 4.78 is 33.7. The Morgan fingerprint density at radius 1 is 1.22 bits per heavy atom. The van der Waals surface area contributed by atoms with Crippen molar-refractivity contribution in [3.63, 3.8) is 0 Å². The van der Waals surface area contributed by atoms with Crippen LogP contribution in [0.4, 0.5) is 8.78 Å². The maximum Gasteiger partial charge on any atom is 0.122 e. The minimum absolute atomic E-state index is 0.0609. The standard InChI is InChI=1S/C28H35F2NO/c1-5-6-7-8-24-26(21-10-13-22(29)14-11-21)25-16-18-32-17-15-23(30)12-9-20(4)28(25)31-27(24)19(2)3/h7-13,15,19-20,22H,5-6,14,16-18H2,1-4H3/b8-7+,12-9-,23-15+. The lowest BCUT2D eigenvalue weighted by molar-refractivity contribution is 0.164. The summed E-state index contributed by atoms with van der Waals surface area (Å²) in [6.07, 6.45) is 16.9. The van der Waals surface area contributed by atoms with Crippen LogP contribution in [0.15, 0.2) is 48.4 Å². The van der Waals surface area contributed by atoms with E-state index in [-0.39, 0.29) is 24.3 Å². The van der Waals surface area contributed by atoms with Crippen LogP contribution in [-0.2, 0) is 11.2 Å². The van der Waals surface area contributed by atoms with Crippen molar-refractivity contribution in [2.24, 2.45) is 0 Å². The first-order valence-corrected chi connectivity index (χ1v) is 11.8. The molecule has 0 bridgehead atoms. The molecular formula is C28H35F2NO. The van der Waals surface area contributed by atoms with E-state index >= 15 is 0 Å². The number of fused-ring (bicyclic) bond motifs is 1. The van der Waals surface area contributed by atoms with Crippen molar-refractivity contribution < 1.29 is 13.5 Å². The number of pyridine rings is 1. The number of rotatable bonds is 5. The third kappa shape index (κ3) is 5.92. The van der Waals surface area contributed by atoms with Gasteiger partial charge in [-0.2, -0.15) is 0 Å². The molecule has 2 heterocycles. The van der Waals surface area contributed by atoms with E-state index in [9.17, 15) is 8.78 Å². The van der Waals surface area contributed by atoms with Gasteiger partial charge in [0, 0.05) is 17.9 Å². The summed E-state index contributed by atoms with van der Waals surface area (Å²) in [6.45, 7) is 9.22. The van der Waals surface area contributed by atoms with E-state index in [1.807, 2.05) is 18.2 Å². The molecule has 32 heavy (non-hydrogen) atoms. The monoisotopic (exact) mass is 439 g/mol. The van der Waals surface area contributed by atoms with Gasteiger partial charge in [-0.25, -0.2) is 8.78 Å². The van der Waals surface area contributed by atoms with E-state index in [1.165, 1.54) is 12.2 Å². The molecule has 3 rings (SSSR count). The van der Waals surface area contributed by atoms with E-state index in [2.05, 4.69) is 39.8 Å². The molecule has 0 N–H and O–H groups in total. The van der Waals surface area contributed by atoms with Crippen molar-refractivity contribution in [3.8, 4) is 0 Å². The number of alkyl halides is 1. The number of nitrogens with zero attached hydrogens (tertiary/aromatic N) is 1. The van der Waals surface area contributed by atoms with Crippen LogP contribution in [0.2, 0.25) is 0 Å². The summed E-state index contributed by atoms with van der Waals surface area (Å²) in [5.74, 6) is -0.144. The highest BCUT2D eigenvalue weighted by Gasteiger charge is 2.24. The number of ether oxygens (including phenoxy) is 1. The van der Waals surface area contributed by atoms with E-state index in [4.69, 9.17) is 9.72 Å². The lowest BCUT2D eigenvalue weighted by atomic mass is 9.83. The fourth-order valence-electron chi connectivity index (χ4n) is 4.18. The van der Waals surface area contributed by atoms with Crippen molar-refractivity contribution in [2.45, 2.75) is 71.4 Å². The van der Waals surface area contributed by atoms with Gasteiger partial charge < -0.3 is 4.74 Å². The number of unbranched alkanes of at least 4 members (excludes halogenated alkanes) is 1. The molecule has 4 heteroatoms. The summed E-state index contributed by atoms with van der Waals surface area (Å²) in [5.41, 5.74) is 6.34. The lowest BCUT2D eigenvalue weighted by Crippen LogP contribution is -2.15. The minimum atomic E-state index is -0.944. The summed E-state index contributed by atoms with van der Waals surface area (Å²) >= 11 is 0. The second-order valence-electron chi connectivity index (χ2n) is 8.83. The lowest BCUT2D eigenvalue weighted by Gasteiger charge is -2.25. The van der Waals surface area contributed by atoms with Crippen LogP contribution in [-0.4, -0.2) is 24.4 Å². The van der Waals surface area contributed by atoms with Gasteiger partial charge >= 0.3 is 0 Å². The predicted molar refractivity (Wildman–Crippen MR) is 130 cm³/mol. The predicted octanol–water partition coefficient (Wildman–Crippen LogP) is 7.79. The van der Waals surface area contributed by atoms with Crippen LogP contribution < -0.4 is 0 Å². The van der Waals surface area contributed by atoms with E-state index in [1.54, 1.807) is 6.08 Å². The van der Waals surface area contributed by atoms with Gasteiger partial charge in [0.05, 0.1) is 24.6 Å². The largest absolute Gasteiger partial charge is 0.377 e. The van der Waals surface area contributed by atoms with Crippen molar-refractivity contribution >= 4 is 11.6 Å². The van der Waals surface area contributed by atoms with Crippen molar-refractivity contribution in [3.05, 3.63) is 76.4 Å². The molecule has 0 aromatic carbocycles. The molecule has 2 aliphatic rings. The summed E-state index contributed by atoms with van der Waals surface area (Å²) in [5, 5.41) is 0. The topological polar surface area (TPSA) is 22.1 Å². The molecule has 1 aromatic heterocycles. The molecule has 0 saturated carbocycles. The summed E-state index contributed by atoms with van der Waals surface area (Å²) in [7, 11) is 0. The fraction of sp³-hybridized carbons (Fsp3) is 0.464. The van der Waals surface area contributed by atoms with Crippen LogP contribution in [0.1, 0.15) is 86.9 Å². The molecular weight excluding hydrogens is 404 g/mol. The zero-order valence-corrected chi connectivity index (χ0v) is 19.7. The number of halogens is 2. The van der Waals surface area contributed by atoms with Gasteiger partial charge in [-0.15, -0.1) is 0 Å². The highest BCUT2D eigenvalue weighted by molar-refractivity contribution is 5.84.